The van der Waals surface area contributed by atoms with Gasteiger partial charge in [-0.15, -0.1) is 0 Å². The lowest BCUT2D eigenvalue weighted by Crippen LogP contribution is -2.72. The molecule has 1 spiro atoms. The molecule has 6 aliphatic heterocycles. The van der Waals surface area contributed by atoms with Gasteiger partial charge in [0.25, 0.3) is 0 Å². The van der Waals surface area contributed by atoms with Crippen LogP contribution in [0.25, 0.3) is 0 Å². The third-order valence-electron chi connectivity index (χ3n) is 16.7. The third kappa shape index (κ3) is 8.52. The van der Waals surface area contributed by atoms with Gasteiger partial charge >= 0.3 is 5.97 Å². The molecule has 0 radical (unpaired) electrons. The van der Waals surface area contributed by atoms with Gasteiger partial charge in [-0.25, -0.2) is 4.79 Å². The number of carboxylic acids is 1. The second-order valence-corrected chi connectivity index (χ2v) is 20.2. The molecule has 22 unspecified atom stereocenters. The fraction of sp³-hybridized carbons (Fsp3) is 0.854. The lowest BCUT2D eigenvalue weighted by Gasteiger charge is -2.56. The summed E-state index contributed by atoms with van der Waals surface area (Å²) >= 11 is 0. The molecular weight excluding hydrogens is 833 g/mol. The first-order chi connectivity index (χ1) is 30.1. The highest BCUT2D eigenvalue weighted by Crippen LogP contribution is 2.57. The average molecular weight is 909 g/mol. The summed E-state index contributed by atoms with van der Waals surface area (Å²) < 4.78 is 71.7. The van der Waals surface area contributed by atoms with Gasteiger partial charge in [-0.2, -0.15) is 0 Å². The molecule has 0 aliphatic carbocycles. The number of hydrogen-bond donors (Lipinski definition) is 4. The van der Waals surface area contributed by atoms with Gasteiger partial charge in [0.05, 0.1) is 73.8 Å². The number of aliphatic carboxylic acids is 1. The van der Waals surface area contributed by atoms with Crippen molar-refractivity contribution in [3.05, 3.63) is 35.9 Å². The highest BCUT2D eigenvalue weighted by atomic mass is 16.7. The van der Waals surface area contributed by atoms with E-state index in [0.717, 1.165) is 24.8 Å². The summed E-state index contributed by atoms with van der Waals surface area (Å²) in [5, 5.41) is 43.7. The molecule has 4 N–H and O–H groups in total. The largest absolute Gasteiger partial charge is 0.479 e. The number of aliphatic hydroxyl groups excluding tert-OH is 1. The van der Waals surface area contributed by atoms with E-state index in [1.807, 2.05) is 44.2 Å². The Kier molecular flexibility index (Phi) is 14.8. The van der Waals surface area contributed by atoms with E-state index >= 15 is 0 Å². The zero-order chi connectivity index (χ0) is 46.7. The molecule has 0 bridgehead atoms. The molecule has 64 heavy (non-hydrogen) atoms. The van der Waals surface area contributed by atoms with Crippen molar-refractivity contribution in [3.8, 4) is 0 Å². The quantitative estimate of drug-likeness (QED) is 0.202. The first-order valence-corrected chi connectivity index (χ1v) is 23.3. The predicted octanol–water partition coefficient (Wildman–Crippen LogP) is 4.60. The fourth-order valence-corrected chi connectivity index (χ4v) is 12.6. The summed E-state index contributed by atoms with van der Waals surface area (Å²) in [5.74, 6) is -8.61. The van der Waals surface area contributed by atoms with Gasteiger partial charge in [0.1, 0.15) is 11.2 Å². The topological polar surface area (TPSA) is 200 Å². The second kappa shape index (κ2) is 18.9. The monoisotopic (exact) mass is 909 g/mol. The predicted molar refractivity (Wildman–Crippen MR) is 230 cm³/mol. The molecule has 1 aromatic carbocycles. The van der Waals surface area contributed by atoms with Gasteiger partial charge in [-0.3, -0.25) is 0 Å². The Hall–Kier alpha value is -1.87. The molecule has 16 nitrogen and oxygen atoms in total. The van der Waals surface area contributed by atoms with Crippen LogP contribution in [0.1, 0.15) is 99.5 Å². The summed E-state index contributed by atoms with van der Waals surface area (Å²) in [6.45, 7) is 15.7. The molecule has 6 saturated heterocycles. The maximum atomic E-state index is 12.0. The minimum Gasteiger partial charge on any atom is -0.479 e. The normalized spacial score (nSPS) is 50.2. The van der Waals surface area contributed by atoms with E-state index in [4.69, 9.17) is 52.1 Å². The minimum absolute atomic E-state index is 0.0384. The summed E-state index contributed by atoms with van der Waals surface area (Å²) in [6.07, 6.45) is -3.65. The summed E-state index contributed by atoms with van der Waals surface area (Å²) in [6, 6.07) is 10.0. The van der Waals surface area contributed by atoms with Crippen molar-refractivity contribution in [1.29, 1.82) is 0 Å². The first-order valence-electron chi connectivity index (χ1n) is 23.3. The van der Waals surface area contributed by atoms with Gasteiger partial charge < -0.3 is 72.5 Å². The van der Waals surface area contributed by atoms with Crippen LogP contribution in [0, 0.1) is 29.6 Å². The van der Waals surface area contributed by atoms with Crippen molar-refractivity contribution in [2.45, 2.75) is 202 Å². The van der Waals surface area contributed by atoms with E-state index < -0.39 is 71.0 Å². The zero-order valence-corrected chi connectivity index (χ0v) is 39.8. The molecule has 0 amide bonds. The molecule has 22 atom stereocenters. The number of hydrogen-bond acceptors (Lipinski definition) is 15. The number of carboxylic acid groups (broad SMARTS) is 1. The lowest BCUT2D eigenvalue weighted by atomic mass is 9.73. The second-order valence-electron chi connectivity index (χ2n) is 20.2. The van der Waals surface area contributed by atoms with Crippen LogP contribution in [0.2, 0.25) is 0 Å². The van der Waals surface area contributed by atoms with E-state index in [-0.39, 0.29) is 72.8 Å². The van der Waals surface area contributed by atoms with Crippen LogP contribution in [0.4, 0.5) is 0 Å². The Balaban J connectivity index is 1.06. The van der Waals surface area contributed by atoms with Crippen molar-refractivity contribution >= 4 is 5.97 Å². The van der Waals surface area contributed by atoms with Crippen LogP contribution >= 0.6 is 0 Å². The van der Waals surface area contributed by atoms with Crippen molar-refractivity contribution in [3.63, 3.8) is 0 Å². The molecule has 6 aliphatic rings. The Bertz CT molecular complexity index is 1740. The molecule has 16 heteroatoms. The summed E-state index contributed by atoms with van der Waals surface area (Å²) in [4.78, 5) is 12.0. The number of benzene rings is 1. The van der Waals surface area contributed by atoms with Crippen molar-refractivity contribution in [2.75, 3.05) is 28.4 Å². The summed E-state index contributed by atoms with van der Waals surface area (Å²) in [7, 11) is 6.29. The SMILES string of the molecule is COC1CC(CC2OC(O)(C(O)C(=O)O)C(C)C(OC)C2(C)OC)OC2(OC(C)(C3CCC(C4CCC(C5OC(C)(O)C(C)C(OCc6ccccc6)C5C)O4)O3)C(OC)C2C)C1C. The minimum atomic E-state index is -2.50. The van der Waals surface area contributed by atoms with Gasteiger partial charge in [0.2, 0.25) is 11.9 Å². The third-order valence-corrected chi connectivity index (χ3v) is 16.7. The van der Waals surface area contributed by atoms with Crippen LogP contribution in [0.3, 0.4) is 0 Å². The van der Waals surface area contributed by atoms with E-state index in [1.54, 1.807) is 35.0 Å². The number of ether oxygens (including phenoxy) is 11. The maximum Gasteiger partial charge on any atom is 0.338 e. The Morgan fingerprint density at radius 3 is 2.05 bits per heavy atom. The van der Waals surface area contributed by atoms with E-state index in [1.165, 1.54) is 14.2 Å². The van der Waals surface area contributed by atoms with Crippen molar-refractivity contribution in [2.24, 2.45) is 29.6 Å². The van der Waals surface area contributed by atoms with E-state index in [9.17, 15) is 25.2 Å². The van der Waals surface area contributed by atoms with Gasteiger partial charge in [-0.05, 0) is 52.0 Å². The molecule has 0 aromatic heterocycles. The standard InChI is InChI=1S/C48H76O16/c1-25-38(58-24-30-16-14-13-15-17-30)27(3)46(8,52)63-39(25)34-19-18-32(59-34)33-20-21-36(60-33)45(7)42(56-11)29(5)48(64-45)26(2)35(54-9)22-31(61-48)23-37-44(6,57-12)41(55-10)28(4)47(53,62-37)40(49)43(50)51/h13-17,25-29,31-42,49,52-53H,18-24H2,1-12H3,(H,50,51). The van der Waals surface area contributed by atoms with Crippen LogP contribution in [-0.2, 0) is 63.5 Å². The lowest BCUT2D eigenvalue weighted by molar-refractivity contribution is -0.389. The van der Waals surface area contributed by atoms with E-state index in [2.05, 4.69) is 20.8 Å². The Labute approximate surface area is 378 Å². The van der Waals surface area contributed by atoms with Crippen LogP contribution in [-0.4, -0.2) is 157 Å². The first kappa shape index (κ1) is 50.0. The van der Waals surface area contributed by atoms with Gasteiger partial charge in [-0.1, -0.05) is 65.0 Å². The maximum absolute atomic E-state index is 12.0. The highest BCUT2D eigenvalue weighted by molar-refractivity contribution is 5.73. The smallest absolute Gasteiger partial charge is 0.338 e. The number of aliphatic hydroxyl groups is 3. The number of methoxy groups -OCH3 is 4. The molecule has 7 rings (SSSR count). The van der Waals surface area contributed by atoms with Crippen LogP contribution in [0.5, 0.6) is 0 Å². The molecule has 6 heterocycles. The van der Waals surface area contributed by atoms with Crippen LogP contribution < -0.4 is 0 Å². The molecule has 364 valence electrons. The van der Waals surface area contributed by atoms with Crippen molar-refractivity contribution in [1.82, 2.24) is 0 Å². The Morgan fingerprint density at radius 2 is 1.42 bits per heavy atom. The van der Waals surface area contributed by atoms with Gasteiger partial charge in [0.15, 0.2) is 11.6 Å². The van der Waals surface area contributed by atoms with E-state index in [0.29, 0.717) is 19.4 Å². The zero-order valence-electron chi connectivity index (χ0n) is 39.8. The molecule has 1 aromatic rings. The summed E-state index contributed by atoms with van der Waals surface area (Å²) in [5.41, 5.74) is -1.07. The highest BCUT2D eigenvalue weighted by Gasteiger charge is 2.70. The average Bonchev–Trinajstić information content (AvgIpc) is 4.01. The molecule has 0 saturated carbocycles. The van der Waals surface area contributed by atoms with Gasteiger partial charge in [0, 0.05) is 70.9 Å². The molecule has 6 fully saturated rings. The van der Waals surface area contributed by atoms with Crippen molar-refractivity contribution < 1.29 is 77.3 Å². The fourth-order valence-electron chi connectivity index (χ4n) is 12.6. The Morgan fingerprint density at radius 1 is 0.781 bits per heavy atom. The number of carbonyl (C=O) groups is 1. The molecular formula is C48H76O16. The number of rotatable bonds is 14. The van der Waals surface area contributed by atoms with Crippen LogP contribution in [0.15, 0.2) is 30.3 Å².